The topological polar surface area (TPSA) is 15.8 Å². The first-order chi connectivity index (χ1) is 4.86. The Kier molecular flexibility index (Phi) is 1.04. The van der Waals surface area contributed by atoms with Crippen LogP contribution in [0.4, 0.5) is 0 Å². The van der Waals surface area contributed by atoms with E-state index in [1.54, 1.807) is 0 Å². The lowest BCUT2D eigenvalue weighted by Crippen LogP contribution is -1.69. The van der Waals surface area contributed by atoms with Gasteiger partial charge < -0.3 is 4.98 Å². The zero-order valence-electron chi connectivity index (χ0n) is 5.46. The van der Waals surface area contributed by atoms with Crippen molar-refractivity contribution in [2.24, 2.45) is 0 Å². The number of hydrogen-bond donors (Lipinski definition) is 1. The molecule has 2 rings (SSSR count). The third kappa shape index (κ3) is 0.711. The van der Waals surface area contributed by atoms with Crippen molar-refractivity contribution in [1.82, 2.24) is 4.98 Å². The standard InChI is InChI=1S/C9H7N/c1-7-2-3-9-8(6-7)4-5-10-9/h1-6,10H. The molecule has 2 radical (unpaired) electrons. The first kappa shape index (κ1) is 5.54. The fourth-order valence-electron chi connectivity index (χ4n) is 1.07. The highest BCUT2D eigenvalue weighted by Crippen LogP contribution is 2.12. The molecule has 48 valence electrons. The average molecular weight is 129 g/mol. The van der Waals surface area contributed by atoms with E-state index in [4.69, 9.17) is 6.92 Å². The van der Waals surface area contributed by atoms with Gasteiger partial charge in [0.25, 0.3) is 0 Å². The van der Waals surface area contributed by atoms with Crippen molar-refractivity contribution in [2.45, 2.75) is 0 Å². The number of aromatic nitrogens is 1. The molecule has 0 unspecified atom stereocenters. The molecule has 0 saturated carbocycles. The molecule has 0 amide bonds. The summed E-state index contributed by atoms with van der Waals surface area (Å²) < 4.78 is 0. The van der Waals surface area contributed by atoms with Crippen molar-refractivity contribution in [2.75, 3.05) is 0 Å². The molecule has 1 aromatic heterocycles. The summed E-state index contributed by atoms with van der Waals surface area (Å²) in [7, 11) is 0. The second-order valence-electron chi connectivity index (χ2n) is 2.32. The fourth-order valence-corrected chi connectivity index (χ4v) is 1.07. The molecule has 0 fully saturated rings. The lowest BCUT2D eigenvalue weighted by atomic mass is 10.2. The van der Waals surface area contributed by atoms with Crippen LogP contribution in [0.3, 0.4) is 0 Å². The van der Waals surface area contributed by atoms with Crippen LogP contribution in [0.15, 0.2) is 30.5 Å². The summed E-state index contributed by atoms with van der Waals surface area (Å²) >= 11 is 0. The maximum atomic E-state index is 5.57. The Morgan fingerprint density at radius 3 is 3.00 bits per heavy atom. The second-order valence-corrected chi connectivity index (χ2v) is 2.32. The molecular weight excluding hydrogens is 122 g/mol. The predicted molar refractivity (Wildman–Crippen MR) is 41.7 cm³/mol. The van der Waals surface area contributed by atoms with Gasteiger partial charge in [0.05, 0.1) is 0 Å². The highest BCUT2D eigenvalue weighted by molar-refractivity contribution is 5.80. The van der Waals surface area contributed by atoms with Crippen molar-refractivity contribution in [1.29, 1.82) is 0 Å². The maximum absolute atomic E-state index is 5.57. The molecule has 10 heavy (non-hydrogen) atoms. The first-order valence-electron chi connectivity index (χ1n) is 3.19. The number of hydrogen-bond acceptors (Lipinski definition) is 0. The zero-order valence-corrected chi connectivity index (χ0v) is 5.46. The maximum Gasteiger partial charge on any atom is 0.0454 e. The quantitative estimate of drug-likeness (QED) is 0.561. The summed E-state index contributed by atoms with van der Waals surface area (Å²) in [5.74, 6) is 0. The first-order valence-corrected chi connectivity index (χ1v) is 3.19. The molecule has 1 heterocycles. The van der Waals surface area contributed by atoms with Gasteiger partial charge in [-0.25, -0.2) is 0 Å². The lowest BCUT2D eigenvalue weighted by Gasteiger charge is -1.90. The van der Waals surface area contributed by atoms with Gasteiger partial charge in [0.1, 0.15) is 0 Å². The Hall–Kier alpha value is -1.24. The molecule has 2 aromatic rings. The van der Waals surface area contributed by atoms with Gasteiger partial charge in [-0.1, -0.05) is 6.07 Å². The monoisotopic (exact) mass is 129 g/mol. The SMILES string of the molecule is [CH]c1ccc2[nH]ccc2c1. The lowest BCUT2D eigenvalue weighted by molar-refractivity contribution is 1.47. The van der Waals surface area contributed by atoms with Crippen molar-refractivity contribution in [3.63, 3.8) is 0 Å². The highest BCUT2D eigenvalue weighted by atomic mass is 14.7. The normalized spacial score (nSPS) is 10.5. The van der Waals surface area contributed by atoms with Gasteiger partial charge >= 0.3 is 0 Å². The predicted octanol–water partition coefficient (Wildman–Crippen LogP) is 2.23. The number of H-pyrrole nitrogens is 1. The van der Waals surface area contributed by atoms with Crippen LogP contribution < -0.4 is 0 Å². The van der Waals surface area contributed by atoms with Crippen LogP contribution >= 0.6 is 0 Å². The van der Waals surface area contributed by atoms with Crippen molar-refractivity contribution >= 4 is 10.9 Å². The van der Waals surface area contributed by atoms with Crippen LogP contribution in [0, 0.1) is 6.92 Å². The number of fused-ring (bicyclic) bond motifs is 1. The van der Waals surface area contributed by atoms with E-state index in [0.29, 0.717) is 0 Å². The van der Waals surface area contributed by atoms with Gasteiger partial charge in [-0.15, -0.1) is 0 Å². The Balaban J connectivity index is 2.86. The van der Waals surface area contributed by atoms with Gasteiger partial charge in [-0.2, -0.15) is 0 Å². The molecule has 0 aliphatic carbocycles. The molecule has 0 aliphatic rings. The Morgan fingerprint density at radius 1 is 1.20 bits per heavy atom. The van der Waals surface area contributed by atoms with E-state index < -0.39 is 0 Å². The minimum Gasteiger partial charge on any atom is -0.361 e. The third-order valence-corrected chi connectivity index (χ3v) is 1.58. The van der Waals surface area contributed by atoms with Gasteiger partial charge in [-0.3, -0.25) is 0 Å². The smallest absolute Gasteiger partial charge is 0.0454 e. The third-order valence-electron chi connectivity index (χ3n) is 1.58. The molecule has 0 saturated heterocycles. The summed E-state index contributed by atoms with van der Waals surface area (Å²) in [6.45, 7) is 5.57. The average Bonchev–Trinajstić information content (AvgIpc) is 2.33. The van der Waals surface area contributed by atoms with Crippen molar-refractivity contribution in [3.8, 4) is 0 Å². The number of nitrogens with one attached hydrogen (secondary N) is 1. The molecule has 1 N–H and O–H groups in total. The zero-order chi connectivity index (χ0) is 6.97. The minimum absolute atomic E-state index is 0.812. The molecule has 0 bridgehead atoms. The van der Waals surface area contributed by atoms with Crippen LogP contribution in [0.25, 0.3) is 10.9 Å². The summed E-state index contributed by atoms with van der Waals surface area (Å²) in [5.41, 5.74) is 1.95. The second kappa shape index (κ2) is 1.87. The van der Waals surface area contributed by atoms with Gasteiger partial charge in [0.2, 0.25) is 0 Å². The van der Waals surface area contributed by atoms with Crippen LogP contribution in [0.1, 0.15) is 5.56 Å². The van der Waals surface area contributed by atoms with Crippen molar-refractivity contribution < 1.29 is 0 Å². The molecule has 0 aliphatic heterocycles. The van der Waals surface area contributed by atoms with Crippen LogP contribution in [-0.2, 0) is 0 Å². The molecule has 1 aromatic carbocycles. The fraction of sp³-hybridized carbons (Fsp3) is 0. The van der Waals surface area contributed by atoms with E-state index in [9.17, 15) is 0 Å². The summed E-state index contributed by atoms with van der Waals surface area (Å²) in [4.78, 5) is 3.09. The molecule has 1 heteroatoms. The van der Waals surface area contributed by atoms with Gasteiger partial charge in [0, 0.05) is 11.7 Å². The highest BCUT2D eigenvalue weighted by Gasteiger charge is 1.91. The van der Waals surface area contributed by atoms with E-state index >= 15 is 0 Å². The van der Waals surface area contributed by atoms with Crippen LogP contribution in [-0.4, -0.2) is 4.98 Å². The number of aromatic amines is 1. The minimum atomic E-state index is 0.812. The van der Waals surface area contributed by atoms with E-state index in [2.05, 4.69) is 4.98 Å². The summed E-state index contributed by atoms with van der Waals surface area (Å²) in [6, 6.07) is 7.82. The number of rotatable bonds is 0. The number of benzene rings is 1. The van der Waals surface area contributed by atoms with Gasteiger partial charge in [0.15, 0.2) is 0 Å². The Bertz CT molecular complexity index is 346. The van der Waals surface area contributed by atoms with Crippen molar-refractivity contribution in [3.05, 3.63) is 42.9 Å². The Morgan fingerprint density at radius 2 is 2.10 bits per heavy atom. The molecule has 0 atom stereocenters. The van der Waals surface area contributed by atoms with Crippen LogP contribution in [0.5, 0.6) is 0 Å². The van der Waals surface area contributed by atoms with E-state index in [1.807, 2.05) is 30.5 Å². The summed E-state index contributed by atoms with van der Waals surface area (Å²) in [6.07, 6.45) is 1.91. The largest absolute Gasteiger partial charge is 0.361 e. The molecule has 1 nitrogen and oxygen atoms in total. The molecular formula is C9H7N. The summed E-state index contributed by atoms with van der Waals surface area (Å²) in [5, 5.41) is 1.17. The molecule has 0 spiro atoms. The van der Waals surface area contributed by atoms with E-state index in [-0.39, 0.29) is 0 Å². The van der Waals surface area contributed by atoms with Gasteiger partial charge in [-0.05, 0) is 36.1 Å². The van der Waals surface area contributed by atoms with E-state index in [1.165, 1.54) is 5.39 Å². The Labute approximate surface area is 59.7 Å². The van der Waals surface area contributed by atoms with E-state index in [0.717, 1.165) is 11.1 Å². The van der Waals surface area contributed by atoms with Crippen LogP contribution in [0.2, 0.25) is 0 Å².